The fourth-order valence-electron chi connectivity index (χ4n) is 2.90. The molecule has 3 aromatic rings. The Morgan fingerprint density at radius 2 is 2.00 bits per heavy atom. The van der Waals surface area contributed by atoms with Gasteiger partial charge in [0.15, 0.2) is 0 Å². The van der Waals surface area contributed by atoms with E-state index in [1.807, 2.05) is 48.5 Å². The van der Waals surface area contributed by atoms with E-state index in [4.69, 9.17) is 16.3 Å². The largest absolute Gasteiger partial charge is 0.497 e. The number of rotatable bonds is 7. The maximum atomic E-state index is 12.6. The molecule has 0 spiro atoms. The molecule has 0 saturated heterocycles. The Labute approximate surface area is 163 Å². The van der Waals surface area contributed by atoms with Crippen LogP contribution in [-0.4, -0.2) is 23.2 Å². The number of aromatic amines is 1. The quantitative estimate of drug-likeness (QED) is 0.611. The molecule has 2 aromatic carbocycles. The second kappa shape index (κ2) is 8.73. The number of H-pyrrole nitrogens is 1. The van der Waals surface area contributed by atoms with Crippen LogP contribution in [-0.2, 0) is 17.6 Å². The molecule has 0 fully saturated rings. The SMILES string of the molecule is CCCc1[nH]nc(-c2cccc(Cl)c2)c1NC(=O)Cc1ccc(OC)cc1. The number of aryl methyl sites for hydroxylation is 1. The van der Waals surface area contributed by atoms with Gasteiger partial charge in [-0.05, 0) is 36.2 Å². The number of nitrogens with one attached hydrogen (secondary N) is 2. The summed E-state index contributed by atoms with van der Waals surface area (Å²) in [7, 11) is 1.62. The van der Waals surface area contributed by atoms with Crippen LogP contribution in [0.2, 0.25) is 5.02 Å². The summed E-state index contributed by atoms with van der Waals surface area (Å²) in [5.74, 6) is 0.671. The third kappa shape index (κ3) is 4.68. The van der Waals surface area contributed by atoms with E-state index >= 15 is 0 Å². The molecular weight excluding hydrogens is 362 g/mol. The lowest BCUT2D eigenvalue weighted by Crippen LogP contribution is -2.15. The van der Waals surface area contributed by atoms with E-state index in [0.717, 1.165) is 41.1 Å². The van der Waals surface area contributed by atoms with Gasteiger partial charge in [0.05, 0.1) is 24.9 Å². The smallest absolute Gasteiger partial charge is 0.228 e. The summed E-state index contributed by atoms with van der Waals surface area (Å²) in [4.78, 5) is 12.6. The van der Waals surface area contributed by atoms with Crippen LogP contribution in [0.5, 0.6) is 5.75 Å². The van der Waals surface area contributed by atoms with Gasteiger partial charge < -0.3 is 10.1 Å². The second-order valence-electron chi connectivity index (χ2n) is 6.26. The maximum absolute atomic E-state index is 12.6. The van der Waals surface area contributed by atoms with E-state index in [9.17, 15) is 4.79 Å². The Morgan fingerprint density at radius 1 is 1.22 bits per heavy atom. The molecule has 0 saturated carbocycles. The topological polar surface area (TPSA) is 67.0 Å². The van der Waals surface area contributed by atoms with Crippen molar-refractivity contribution in [1.29, 1.82) is 0 Å². The normalized spacial score (nSPS) is 10.6. The summed E-state index contributed by atoms with van der Waals surface area (Å²) < 4.78 is 5.15. The van der Waals surface area contributed by atoms with Crippen LogP contribution < -0.4 is 10.1 Å². The molecule has 0 unspecified atom stereocenters. The molecule has 0 bridgehead atoms. The summed E-state index contributed by atoms with van der Waals surface area (Å²) >= 11 is 6.12. The highest BCUT2D eigenvalue weighted by Gasteiger charge is 2.17. The number of benzene rings is 2. The summed E-state index contributed by atoms with van der Waals surface area (Å²) in [5, 5.41) is 11.1. The molecular formula is C21H22ClN3O2. The van der Waals surface area contributed by atoms with E-state index in [-0.39, 0.29) is 12.3 Å². The van der Waals surface area contributed by atoms with Crippen molar-refractivity contribution in [2.75, 3.05) is 12.4 Å². The van der Waals surface area contributed by atoms with Crippen LogP contribution in [0.15, 0.2) is 48.5 Å². The van der Waals surface area contributed by atoms with Crippen molar-refractivity contribution in [3.05, 3.63) is 64.8 Å². The first-order valence-electron chi connectivity index (χ1n) is 8.86. The van der Waals surface area contributed by atoms with Crippen molar-refractivity contribution in [3.63, 3.8) is 0 Å². The highest BCUT2D eigenvalue weighted by atomic mass is 35.5. The number of halogens is 1. The zero-order valence-corrected chi connectivity index (χ0v) is 16.1. The molecule has 27 heavy (non-hydrogen) atoms. The molecule has 0 aliphatic heterocycles. The third-order valence-corrected chi connectivity index (χ3v) is 4.46. The standard InChI is InChI=1S/C21H22ClN3O2/c1-3-5-18-21(20(25-24-18)15-6-4-7-16(22)13-15)23-19(26)12-14-8-10-17(27-2)11-9-14/h4,6-11,13H,3,5,12H2,1-2H3,(H,23,26)(H,24,25). The van der Waals surface area contributed by atoms with E-state index < -0.39 is 0 Å². The molecule has 0 atom stereocenters. The summed E-state index contributed by atoms with van der Waals surface area (Å²) in [6.07, 6.45) is 2.01. The van der Waals surface area contributed by atoms with E-state index in [1.54, 1.807) is 7.11 Å². The van der Waals surface area contributed by atoms with Crippen molar-refractivity contribution >= 4 is 23.2 Å². The van der Waals surface area contributed by atoms with Crippen molar-refractivity contribution in [1.82, 2.24) is 10.2 Å². The summed E-state index contributed by atoms with van der Waals surface area (Å²) in [6.45, 7) is 2.09. The maximum Gasteiger partial charge on any atom is 0.228 e. The Kier molecular flexibility index (Phi) is 6.14. The second-order valence-corrected chi connectivity index (χ2v) is 6.70. The summed E-state index contributed by atoms with van der Waals surface area (Å²) in [6, 6.07) is 14.9. The van der Waals surface area contributed by atoms with Gasteiger partial charge in [-0.15, -0.1) is 0 Å². The molecule has 5 nitrogen and oxygen atoms in total. The molecule has 140 valence electrons. The van der Waals surface area contributed by atoms with E-state index in [0.29, 0.717) is 10.7 Å². The van der Waals surface area contributed by atoms with Gasteiger partial charge in [-0.2, -0.15) is 5.10 Å². The van der Waals surface area contributed by atoms with Crippen LogP contribution >= 0.6 is 11.6 Å². The van der Waals surface area contributed by atoms with Gasteiger partial charge in [0.1, 0.15) is 11.4 Å². The summed E-state index contributed by atoms with van der Waals surface area (Å²) in [5.41, 5.74) is 4.11. The first-order valence-corrected chi connectivity index (χ1v) is 9.24. The molecule has 0 aliphatic carbocycles. The predicted octanol–water partition coefficient (Wildman–Crippen LogP) is 4.87. The van der Waals surface area contributed by atoms with Gasteiger partial charge in [0.2, 0.25) is 5.91 Å². The van der Waals surface area contributed by atoms with Gasteiger partial charge in [0.25, 0.3) is 0 Å². The van der Waals surface area contributed by atoms with Crippen LogP contribution in [0.4, 0.5) is 5.69 Å². The van der Waals surface area contributed by atoms with Gasteiger partial charge in [0, 0.05) is 10.6 Å². The lowest BCUT2D eigenvalue weighted by Gasteiger charge is -2.09. The number of carbonyl (C=O) groups excluding carboxylic acids is 1. The van der Waals surface area contributed by atoms with Crippen molar-refractivity contribution < 1.29 is 9.53 Å². The molecule has 0 aliphatic rings. The zero-order chi connectivity index (χ0) is 19.2. The van der Waals surface area contributed by atoms with Crippen LogP contribution in [0.25, 0.3) is 11.3 Å². The fourth-order valence-corrected chi connectivity index (χ4v) is 3.09. The van der Waals surface area contributed by atoms with Crippen LogP contribution in [0.1, 0.15) is 24.6 Å². The number of ether oxygens (including phenoxy) is 1. The highest BCUT2D eigenvalue weighted by Crippen LogP contribution is 2.31. The number of carbonyl (C=O) groups is 1. The van der Waals surface area contributed by atoms with Crippen molar-refractivity contribution in [3.8, 4) is 17.0 Å². The zero-order valence-electron chi connectivity index (χ0n) is 15.4. The molecule has 0 radical (unpaired) electrons. The Balaban J connectivity index is 1.83. The van der Waals surface area contributed by atoms with E-state index in [1.165, 1.54) is 0 Å². The van der Waals surface area contributed by atoms with Crippen LogP contribution in [0, 0.1) is 0 Å². The first-order chi connectivity index (χ1) is 13.1. The Bertz CT molecular complexity index is 919. The van der Waals surface area contributed by atoms with Crippen molar-refractivity contribution in [2.24, 2.45) is 0 Å². The van der Waals surface area contributed by atoms with Gasteiger partial charge in [-0.25, -0.2) is 0 Å². The average Bonchev–Trinajstić information content (AvgIpc) is 3.05. The number of methoxy groups -OCH3 is 1. The minimum absolute atomic E-state index is 0.0952. The lowest BCUT2D eigenvalue weighted by molar-refractivity contribution is -0.115. The number of hydrogen-bond donors (Lipinski definition) is 2. The molecule has 1 aromatic heterocycles. The molecule has 6 heteroatoms. The molecule has 3 rings (SSSR count). The Morgan fingerprint density at radius 3 is 2.67 bits per heavy atom. The van der Waals surface area contributed by atoms with Crippen LogP contribution in [0.3, 0.4) is 0 Å². The minimum Gasteiger partial charge on any atom is -0.497 e. The number of aromatic nitrogens is 2. The number of amides is 1. The molecule has 1 heterocycles. The van der Waals surface area contributed by atoms with Gasteiger partial charge in [-0.3, -0.25) is 9.89 Å². The van der Waals surface area contributed by atoms with Gasteiger partial charge >= 0.3 is 0 Å². The number of hydrogen-bond acceptors (Lipinski definition) is 3. The minimum atomic E-state index is -0.0952. The molecule has 2 N–H and O–H groups in total. The predicted molar refractivity (Wildman–Crippen MR) is 108 cm³/mol. The lowest BCUT2D eigenvalue weighted by atomic mass is 10.1. The van der Waals surface area contributed by atoms with Gasteiger partial charge in [-0.1, -0.05) is 49.2 Å². The fraction of sp³-hybridized carbons (Fsp3) is 0.238. The Hall–Kier alpha value is -2.79. The van der Waals surface area contributed by atoms with E-state index in [2.05, 4.69) is 22.4 Å². The molecule has 1 amide bonds. The number of anilines is 1. The first kappa shape index (κ1) is 19.0. The third-order valence-electron chi connectivity index (χ3n) is 4.23. The monoisotopic (exact) mass is 383 g/mol. The number of nitrogens with zero attached hydrogens (tertiary/aromatic N) is 1. The average molecular weight is 384 g/mol. The highest BCUT2D eigenvalue weighted by molar-refractivity contribution is 6.30. The van der Waals surface area contributed by atoms with Crippen molar-refractivity contribution in [2.45, 2.75) is 26.2 Å².